The van der Waals surface area contributed by atoms with Gasteiger partial charge in [0.25, 0.3) is 5.91 Å². The lowest BCUT2D eigenvalue weighted by molar-refractivity contribution is -0.123. The van der Waals surface area contributed by atoms with Crippen LogP contribution in [0.3, 0.4) is 0 Å². The first-order valence-corrected chi connectivity index (χ1v) is 8.62. The topological polar surface area (TPSA) is 92.9 Å². The van der Waals surface area contributed by atoms with Gasteiger partial charge in [-0.1, -0.05) is 17.7 Å². The van der Waals surface area contributed by atoms with E-state index in [1.54, 1.807) is 65.4 Å². The Morgan fingerprint density at radius 1 is 1.14 bits per heavy atom. The summed E-state index contributed by atoms with van der Waals surface area (Å²) in [6, 6.07) is 16.8. The van der Waals surface area contributed by atoms with E-state index in [4.69, 9.17) is 21.4 Å². The number of rotatable bonds is 7. The van der Waals surface area contributed by atoms with Crippen molar-refractivity contribution in [3.63, 3.8) is 0 Å². The van der Waals surface area contributed by atoms with Crippen molar-refractivity contribution >= 4 is 29.7 Å². The summed E-state index contributed by atoms with van der Waals surface area (Å²) < 4.78 is 7.09. The fourth-order valence-corrected chi connectivity index (χ4v) is 2.53. The number of aromatic carboxylic acids is 1. The van der Waals surface area contributed by atoms with Crippen molar-refractivity contribution in [3.05, 3.63) is 83.1 Å². The average molecular weight is 398 g/mol. The zero-order valence-electron chi connectivity index (χ0n) is 14.6. The Morgan fingerprint density at radius 2 is 1.93 bits per heavy atom. The number of carboxylic acid groups (broad SMARTS) is 1. The SMILES string of the molecule is O=C(COc1ccc(Cl)cc1)N/N=C\c1cccn1-c1cccc(C(=O)O)c1. The van der Waals surface area contributed by atoms with E-state index >= 15 is 0 Å². The summed E-state index contributed by atoms with van der Waals surface area (Å²) in [5, 5.41) is 13.6. The number of hydrazone groups is 1. The van der Waals surface area contributed by atoms with Crippen LogP contribution in [0.15, 0.2) is 72.0 Å². The molecule has 2 N–H and O–H groups in total. The van der Waals surface area contributed by atoms with Crippen LogP contribution in [-0.2, 0) is 4.79 Å². The molecular weight excluding hydrogens is 382 g/mol. The van der Waals surface area contributed by atoms with Crippen LogP contribution in [0.1, 0.15) is 16.1 Å². The number of hydrogen-bond acceptors (Lipinski definition) is 4. The monoisotopic (exact) mass is 397 g/mol. The molecule has 1 amide bonds. The average Bonchev–Trinajstić information content (AvgIpc) is 3.16. The molecule has 28 heavy (non-hydrogen) atoms. The van der Waals surface area contributed by atoms with Crippen LogP contribution in [0.5, 0.6) is 5.75 Å². The summed E-state index contributed by atoms with van der Waals surface area (Å²) in [5.41, 5.74) is 3.90. The van der Waals surface area contributed by atoms with Gasteiger partial charge in [0.05, 0.1) is 17.5 Å². The Morgan fingerprint density at radius 3 is 2.68 bits per heavy atom. The third-order valence-electron chi connectivity index (χ3n) is 3.72. The molecule has 8 heteroatoms. The number of benzene rings is 2. The van der Waals surface area contributed by atoms with Crippen LogP contribution >= 0.6 is 11.6 Å². The second-order valence-electron chi connectivity index (χ2n) is 5.69. The summed E-state index contributed by atoms with van der Waals surface area (Å²) in [5.74, 6) is -0.898. The van der Waals surface area contributed by atoms with Crippen LogP contribution < -0.4 is 10.2 Å². The predicted molar refractivity (Wildman–Crippen MR) is 105 cm³/mol. The van der Waals surface area contributed by atoms with Gasteiger partial charge in [0.1, 0.15) is 5.75 Å². The second kappa shape index (κ2) is 8.88. The van der Waals surface area contributed by atoms with E-state index in [0.29, 0.717) is 22.2 Å². The molecule has 0 radical (unpaired) electrons. The van der Waals surface area contributed by atoms with Crippen LogP contribution in [-0.4, -0.2) is 34.4 Å². The van der Waals surface area contributed by atoms with E-state index in [1.807, 2.05) is 0 Å². The molecule has 0 aliphatic carbocycles. The molecule has 0 aliphatic rings. The highest BCUT2D eigenvalue weighted by molar-refractivity contribution is 6.30. The lowest BCUT2D eigenvalue weighted by Gasteiger charge is -2.07. The molecule has 1 heterocycles. The second-order valence-corrected chi connectivity index (χ2v) is 6.13. The zero-order valence-corrected chi connectivity index (χ0v) is 15.3. The van der Waals surface area contributed by atoms with Crippen molar-refractivity contribution in [1.29, 1.82) is 0 Å². The quantitative estimate of drug-likeness (QED) is 0.472. The van der Waals surface area contributed by atoms with E-state index in [2.05, 4.69) is 10.5 Å². The minimum Gasteiger partial charge on any atom is -0.484 e. The van der Waals surface area contributed by atoms with Crippen molar-refractivity contribution in [2.45, 2.75) is 0 Å². The van der Waals surface area contributed by atoms with Crippen LogP contribution in [0, 0.1) is 0 Å². The van der Waals surface area contributed by atoms with Crippen molar-refractivity contribution in [3.8, 4) is 11.4 Å². The normalized spacial score (nSPS) is 10.8. The number of nitrogens with one attached hydrogen (secondary N) is 1. The molecule has 0 bridgehead atoms. The van der Waals surface area contributed by atoms with Gasteiger partial charge in [-0.05, 0) is 54.6 Å². The Balaban J connectivity index is 1.60. The van der Waals surface area contributed by atoms with E-state index in [1.165, 1.54) is 12.3 Å². The number of amides is 1. The maximum Gasteiger partial charge on any atom is 0.335 e. The third kappa shape index (κ3) is 4.99. The Hall–Kier alpha value is -3.58. The summed E-state index contributed by atoms with van der Waals surface area (Å²) in [4.78, 5) is 23.0. The Bertz CT molecular complexity index is 1010. The number of carbonyl (C=O) groups is 2. The van der Waals surface area contributed by atoms with Gasteiger partial charge in [-0.15, -0.1) is 0 Å². The number of nitrogens with zero attached hydrogens (tertiary/aromatic N) is 2. The molecular formula is C20H16ClN3O4. The molecule has 1 aromatic heterocycles. The number of halogens is 1. The minimum atomic E-state index is -1.00. The highest BCUT2D eigenvalue weighted by atomic mass is 35.5. The molecule has 0 fully saturated rings. The number of hydrogen-bond donors (Lipinski definition) is 2. The first-order chi connectivity index (χ1) is 13.5. The molecule has 142 valence electrons. The molecule has 3 rings (SSSR count). The van der Waals surface area contributed by atoms with E-state index in [0.717, 1.165) is 0 Å². The molecule has 7 nitrogen and oxygen atoms in total. The summed E-state index contributed by atoms with van der Waals surface area (Å²) in [7, 11) is 0. The fourth-order valence-electron chi connectivity index (χ4n) is 2.41. The van der Waals surface area contributed by atoms with Crippen LogP contribution in [0.2, 0.25) is 5.02 Å². The van der Waals surface area contributed by atoms with Gasteiger partial charge < -0.3 is 14.4 Å². The minimum absolute atomic E-state index is 0.182. The Kier molecular flexibility index (Phi) is 6.08. The first-order valence-electron chi connectivity index (χ1n) is 8.24. The molecule has 0 saturated carbocycles. The van der Waals surface area contributed by atoms with Crippen LogP contribution in [0.4, 0.5) is 0 Å². The predicted octanol–water partition coefficient (Wildman–Crippen LogP) is 3.36. The van der Waals surface area contributed by atoms with Crippen molar-refractivity contribution in [2.75, 3.05) is 6.61 Å². The fraction of sp³-hybridized carbons (Fsp3) is 0.0500. The van der Waals surface area contributed by atoms with E-state index in [-0.39, 0.29) is 12.2 Å². The molecule has 3 aromatic rings. The first kappa shape index (κ1) is 19.2. The Labute approximate surface area is 165 Å². The molecule has 0 aliphatic heterocycles. The third-order valence-corrected chi connectivity index (χ3v) is 3.97. The van der Waals surface area contributed by atoms with Gasteiger partial charge in [-0.25, -0.2) is 10.2 Å². The van der Waals surface area contributed by atoms with Crippen LogP contribution in [0.25, 0.3) is 5.69 Å². The van der Waals surface area contributed by atoms with E-state index in [9.17, 15) is 9.59 Å². The number of carbonyl (C=O) groups excluding carboxylic acids is 1. The molecule has 0 unspecified atom stereocenters. The lowest BCUT2D eigenvalue weighted by Crippen LogP contribution is -2.24. The van der Waals surface area contributed by atoms with Gasteiger partial charge in [-0.2, -0.15) is 5.10 Å². The number of aromatic nitrogens is 1. The van der Waals surface area contributed by atoms with E-state index < -0.39 is 11.9 Å². The molecule has 0 atom stereocenters. The molecule has 2 aromatic carbocycles. The molecule has 0 saturated heterocycles. The highest BCUT2D eigenvalue weighted by Gasteiger charge is 2.07. The summed E-state index contributed by atoms with van der Waals surface area (Å²) in [6.45, 7) is -0.194. The highest BCUT2D eigenvalue weighted by Crippen LogP contribution is 2.15. The van der Waals surface area contributed by atoms with Gasteiger partial charge in [0.15, 0.2) is 6.61 Å². The molecule has 0 spiro atoms. The summed E-state index contributed by atoms with van der Waals surface area (Å²) >= 11 is 5.79. The van der Waals surface area contributed by atoms with Crippen molar-refractivity contribution in [2.24, 2.45) is 5.10 Å². The maximum atomic E-state index is 11.8. The number of carboxylic acids is 1. The number of ether oxygens (including phenoxy) is 1. The zero-order chi connectivity index (χ0) is 19.9. The van der Waals surface area contributed by atoms with Gasteiger partial charge in [0, 0.05) is 16.9 Å². The smallest absolute Gasteiger partial charge is 0.335 e. The lowest BCUT2D eigenvalue weighted by atomic mass is 10.2. The van der Waals surface area contributed by atoms with Gasteiger partial charge in [0.2, 0.25) is 0 Å². The van der Waals surface area contributed by atoms with Gasteiger partial charge >= 0.3 is 5.97 Å². The largest absolute Gasteiger partial charge is 0.484 e. The van der Waals surface area contributed by atoms with Crippen molar-refractivity contribution in [1.82, 2.24) is 9.99 Å². The standard InChI is InChI=1S/C20H16ClN3O4/c21-15-6-8-18(9-7-15)28-13-19(25)23-22-12-17-5-2-10-24(17)16-4-1-3-14(11-16)20(26)27/h1-12H,13H2,(H,23,25)(H,26,27)/b22-12-. The van der Waals surface area contributed by atoms with Crippen molar-refractivity contribution < 1.29 is 19.4 Å². The summed E-state index contributed by atoms with van der Waals surface area (Å²) in [6.07, 6.45) is 3.24. The van der Waals surface area contributed by atoms with Gasteiger partial charge in [-0.3, -0.25) is 4.79 Å². The maximum absolute atomic E-state index is 11.8.